The van der Waals surface area contributed by atoms with Gasteiger partial charge in [0.15, 0.2) is 0 Å². The molecule has 1 aliphatic heterocycles. The summed E-state index contributed by atoms with van der Waals surface area (Å²) in [4.78, 5) is 6.71. The monoisotopic (exact) mass is 280 g/mol. The van der Waals surface area contributed by atoms with Crippen LogP contribution in [0.2, 0.25) is 0 Å². The van der Waals surface area contributed by atoms with Gasteiger partial charge >= 0.3 is 0 Å². The van der Waals surface area contributed by atoms with Crippen LogP contribution in [0.5, 0.6) is 0 Å². The molecular weight excluding hydrogens is 252 g/mol. The largest absolute Gasteiger partial charge is 0.383 e. The number of aryl methyl sites for hydroxylation is 1. The number of ether oxygens (including phenoxy) is 1. The molecule has 0 radical (unpaired) electrons. The second-order valence-electron chi connectivity index (χ2n) is 5.78. The standard InChI is InChI=1S/C15H28N4O/c1-18-7-3-14(4-8-18)5-9-19-13-17-12-15(19)11-16-6-10-20-2/h12-14,16H,3-11H2,1-2H3. The maximum absolute atomic E-state index is 5.04. The Labute approximate surface area is 122 Å². The smallest absolute Gasteiger partial charge is 0.0948 e. The molecule has 2 heterocycles. The third-order valence-corrected chi connectivity index (χ3v) is 4.20. The van der Waals surface area contributed by atoms with Crippen LogP contribution in [-0.2, 0) is 17.8 Å². The number of nitrogens with zero attached hydrogens (tertiary/aromatic N) is 3. The van der Waals surface area contributed by atoms with E-state index in [-0.39, 0.29) is 0 Å². The molecule has 1 fully saturated rings. The van der Waals surface area contributed by atoms with E-state index in [1.807, 2.05) is 12.5 Å². The van der Waals surface area contributed by atoms with E-state index >= 15 is 0 Å². The van der Waals surface area contributed by atoms with E-state index in [9.17, 15) is 0 Å². The van der Waals surface area contributed by atoms with E-state index in [1.54, 1.807) is 7.11 Å². The van der Waals surface area contributed by atoms with Crippen molar-refractivity contribution in [2.45, 2.75) is 32.4 Å². The second kappa shape index (κ2) is 8.39. The molecule has 1 aromatic rings. The zero-order valence-electron chi connectivity index (χ0n) is 12.8. The average Bonchev–Trinajstić information content (AvgIpc) is 2.90. The zero-order valence-corrected chi connectivity index (χ0v) is 12.8. The molecule has 0 spiro atoms. The SMILES string of the molecule is COCCNCc1cncn1CCC1CCN(C)CC1. The van der Waals surface area contributed by atoms with Gasteiger partial charge in [0, 0.05) is 32.9 Å². The summed E-state index contributed by atoms with van der Waals surface area (Å²) in [5.74, 6) is 0.878. The third-order valence-electron chi connectivity index (χ3n) is 4.20. The normalized spacial score (nSPS) is 17.7. The fourth-order valence-corrected chi connectivity index (χ4v) is 2.76. The zero-order chi connectivity index (χ0) is 14.2. The van der Waals surface area contributed by atoms with Crippen molar-refractivity contribution in [2.75, 3.05) is 40.4 Å². The Morgan fingerprint density at radius 2 is 2.20 bits per heavy atom. The van der Waals surface area contributed by atoms with E-state index in [1.165, 1.54) is 38.0 Å². The first kappa shape index (κ1) is 15.5. The number of likely N-dealkylation sites (tertiary alicyclic amines) is 1. The Morgan fingerprint density at radius 1 is 1.40 bits per heavy atom. The molecule has 0 unspecified atom stereocenters. The van der Waals surface area contributed by atoms with Crippen molar-refractivity contribution >= 4 is 0 Å². The van der Waals surface area contributed by atoms with Crippen LogP contribution in [0.3, 0.4) is 0 Å². The van der Waals surface area contributed by atoms with Gasteiger partial charge in [-0.15, -0.1) is 0 Å². The molecule has 0 amide bonds. The molecule has 2 rings (SSSR count). The van der Waals surface area contributed by atoms with E-state index in [0.29, 0.717) is 0 Å². The van der Waals surface area contributed by atoms with Gasteiger partial charge in [0.05, 0.1) is 18.6 Å². The first-order valence-electron chi connectivity index (χ1n) is 7.67. The van der Waals surface area contributed by atoms with Gasteiger partial charge in [-0.3, -0.25) is 0 Å². The summed E-state index contributed by atoms with van der Waals surface area (Å²) in [6.07, 6.45) is 7.88. The molecule has 1 aliphatic rings. The molecule has 1 N–H and O–H groups in total. The maximum atomic E-state index is 5.04. The number of hydrogen-bond acceptors (Lipinski definition) is 4. The van der Waals surface area contributed by atoms with Crippen molar-refractivity contribution in [3.05, 3.63) is 18.2 Å². The molecule has 1 saturated heterocycles. The summed E-state index contributed by atoms with van der Waals surface area (Å²) in [6.45, 7) is 6.10. The van der Waals surface area contributed by atoms with Crippen molar-refractivity contribution in [3.63, 3.8) is 0 Å². The number of nitrogens with one attached hydrogen (secondary N) is 1. The lowest BCUT2D eigenvalue weighted by Gasteiger charge is -2.29. The Morgan fingerprint density at radius 3 is 2.95 bits per heavy atom. The summed E-state index contributed by atoms with van der Waals surface area (Å²) in [6, 6.07) is 0. The van der Waals surface area contributed by atoms with Gasteiger partial charge < -0.3 is 19.5 Å². The van der Waals surface area contributed by atoms with Gasteiger partial charge in [-0.2, -0.15) is 0 Å². The minimum atomic E-state index is 0.754. The van der Waals surface area contributed by atoms with Gasteiger partial charge in [0.1, 0.15) is 0 Å². The Kier molecular flexibility index (Phi) is 6.50. The summed E-state index contributed by atoms with van der Waals surface area (Å²) in [5, 5.41) is 3.38. The molecule has 0 atom stereocenters. The van der Waals surface area contributed by atoms with Gasteiger partial charge in [-0.1, -0.05) is 0 Å². The van der Waals surface area contributed by atoms with Crippen LogP contribution < -0.4 is 5.32 Å². The fraction of sp³-hybridized carbons (Fsp3) is 0.800. The van der Waals surface area contributed by atoms with Crippen LogP contribution in [0, 0.1) is 5.92 Å². The van der Waals surface area contributed by atoms with Crippen LogP contribution in [0.4, 0.5) is 0 Å². The average molecular weight is 280 g/mol. The van der Waals surface area contributed by atoms with E-state index in [4.69, 9.17) is 4.74 Å². The minimum Gasteiger partial charge on any atom is -0.383 e. The van der Waals surface area contributed by atoms with Crippen molar-refractivity contribution < 1.29 is 4.74 Å². The van der Waals surface area contributed by atoms with Gasteiger partial charge in [0.2, 0.25) is 0 Å². The minimum absolute atomic E-state index is 0.754. The number of aromatic nitrogens is 2. The number of piperidine rings is 1. The van der Waals surface area contributed by atoms with Gasteiger partial charge in [-0.25, -0.2) is 4.98 Å². The summed E-state index contributed by atoms with van der Waals surface area (Å²) in [5.41, 5.74) is 1.27. The molecule has 0 aromatic carbocycles. The van der Waals surface area contributed by atoms with E-state index < -0.39 is 0 Å². The van der Waals surface area contributed by atoms with E-state index in [2.05, 4.69) is 26.8 Å². The number of methoxy groups -OCH3 is 1. The lowest BCUT2D eigenvalue weighted by molar-refractivity contribution is 0.198. The van der Waals surface area contributed by atoms with Gasteiger partial charge in [-0.05, 0) is 45.3 Å². The highest BCUT2D eigenvalue weighted by Crippen LogP contribution is 2.20. The topological polar surface area (TPSA) is 42.3 Å². The first-order chi connectivity index (χ1) is 9.79. The molecule has 114 valence electrons. The summed E-state index contributed by atoms with van der Waals surface area (Å²) < 4.78 is 7.33. The fourth-order valence-electron chi connectivity index (χ4n) is 2.76. The quantitative estimate of drug-likeness (QED) is 0.730. The van der Waals surface area contributed by atoms with Crippen LogP contribution in [0.25, 0.3) is 0 Å². The predicted molar refractivity (Wildman–Crippen MR) is 80.6 cm³/mol. The molecule has 5 nitrogen and oxygen atoms in total. The lowest BCUT2D eigenvalue weighted by atomic mass is 9.94. The van der Waals surface area contributed by atoms with Gasteiger partial charge in [0.25, 0.3) is 0 Å². The van der Waals surface area contributed by atoms with Crippen LogP contribution in [0.15, 0.2) is 12.5 Å². The van der Waals surface area contributed by atoms with Crippen molar-refractivity contribution in [1.29, 1.82) is 0 Å². The Bertz CT molecular complexity index is 372. The van der Waals surface area contributed by atoms with Crippen molar-refractivity contribution in [1.82, 2.24) is 19.8 Å². The molecule has 20 heavy (non-hydrogen) atoms. The molecule has 5 heteroatoms. The number of hydrogen-bond donors (Lipinski definition) is 1. The predicted octanol–water partition coefficient (Wildman–Crippen LogP) is 1.35. The Balaban J connectivity index is 1.71. The number of imidazole rings is 1. The molecule has 0 aliphatic carbocycles. The summed E-state index contributed by atoms with van der Waals surface area (Å²) >= 11 is 0. The highest BCUT2D eigenvalue weighted by atomic mass is 16.5. The van der Waals surface area contributed by atoms with E-state index in [0.717, 1.165) is 32.2 Å². The van der Waals surface area contributed by atoms with Crippen LogP contribution >= 0.6 is 0 Å². The highest BCUT2D eigenvalue weighted by molar-refractivity contribution is 4.98. The van der Waals surface area contributed by atoms with Crippen molar-refractivity contribution in [2.24, 2.45) is 5.92 Å². The third kappa shape index (κ3) is 4.89. The Hall–Kier alpha value is -0.910. The summed E-state index contributed by atoms with van der Waals surface area (Å²) in [7, 11) is 3.95. The molecule has 1 aromatic heterocycles. The molecular formula is C15H28N4O. The lowest BCUT2D eigenvalue weighted by Crippen LogP contribution is -2.30. The van der Waals surface area contributed by atoms with Crippen molar-refractivity contribution in [3.8, 4) is 0 Å². The molecule has 0 saturated carbocycles. The van der Waals surface area contributed by atoms with Crippen LogP contribution in [-0.4, -0.2) is 54.8 Å². The highest BCUT2D eigenvalue weighted by Gasteiger charge is 2.16. The second-order valence-corrected chi connectivity index (χ2v) is 5.78. The van der Waals surface area contributed by atoms with Crippen LogP contribution in [0.1, 0.15) is 25.0 Å². The first-order valence-corrected chi connectivity index (χ1v) is 7.67. The number of rotatable bonds is 8. The maximum Gasteiger partial charge on any atom is 0.0948 e. The molecule has 0 bridgehead atoms.